The van der Waals surface area contributed by atoms with Crippen LogP contribution in [0.2, 0.25) is 0 Å². The van der Waals surface area contributed by atoms with Crippen molar-refractivity contribution in [1.29, 1.82) is 0 Å². The van der Waals surface area contributed by atoms with Gasteiger partial charge in [-0.25, -0.2) is 14.8 Å². The fraction of sp³-hybridized carbons (Fsp3) is 0.500. The van der Waals surface area contributed by atoms with Crippen LogP contribution in [0.3, 0.4) is 0 Å². The number of rotatable bonds is 4. The minimum Gasteiger partial charge on any atom is -0.448 e. The van der Waals surface area contributed by atoms with Gasteiger partial charge in [0.15, 0.2) is 0 Å². The van der Waals surface area contributed by atoms with Crippen LogP contribution in [0.15, 0.2) is 29.5 Å². The number of aromatic amines is 1. The highest BCUT2D eigenvalue weighted by molar-refractivity contribution is 5.68. The number of nitrogens with one attached hydrogen (secondary N) is 1. The highest BCUT2D eigenvalue weighted by Gasteiger charge is 2.47. The Kier molecular flexibility index (Phi) is 5.94. The lowest BCUT2D eigenvalue weighted by Gasteiger charge is -2.34. The van der Waals surface area contributed by atoms with Crippen LogP contribution >= 0.6 is 0 Å². The molecule has 0 radical (unpaired) electrons. The van der Waals surface area contributed by atoms with Gasteiger partial charge in [-0.05, 0) is 24.5 Å². The van der Waals surface area contributed by atoms with Crippen LogP contribution in [-0.2, 0) is 22.5 Å². The van der Waals surface area contributed by atoms with Crippen molar-refractivity contribution < 1.29 is 35.9 Å². The summed E-state index contributed by atoms with van der Waals surface area (Å²) in [6.45, 7) is 0.790. The summed E-state index contributed by atoms with van der Waals surface area (Å²) >= 11 is 0. The minimum atomic E-state index is -4.80. The number of anilines is 1. The summed E-state index contributed by atoms with van der Waals surface area (Å²) in [5, 5.41) is 0. The summed E-state index contributed by atoms with van der Waals surface area (Å²) in [5.74, 6) is 0.108. The van der Waals surface area contributed by atoms with Crippen LogP contribution in [-0.4, -0.2) is 58.7 Å². The molecule has 1 aliphatic heterocycles. The monoisotopic (exact) mass is 491 g/mol. The molecule has 0 spiro atoms. The standard InChI is InChI=1S/C20H19F6N5O3/c21-19(22,23)13-9-28-16(29-10-13)30-3-5-31(6-4-30)17(33)34-11-18(1-2-18)12-7-14(20(24,25)26)15(32)27-8-12/h7-10H,1-6,11H2,(H,27,32). The topological polar surface area (TPSA) is 91.4 Å². The first-order chi connectivity index (χ1) is 15.9. The van der Waals surface area contributed by atoms with Gasteiger partial charge in [-0.2, -0.15) is 26.3 Å². The Morgan fingerprint density at radius 2 is 1.65 bits per heavy atom. The van der Waals surface area contributed by atoms with Gasteiger partial charge in [0.25, 0.3) is 5.56 Å². The lowest BCUT2D eigenvalue weighted by molar-refractivity contribution is -0.139. The highest BCUT2D eigenvalue weighted by atomic mass is 19.4. The summed E-state index contributed by atoms with van der Waals surface area (Å²) in [5.41, 5.74) is -4.03. The summed E-state index contributed by atoms with van der Waals surface area (Å²) in [6, 6.07) is 0.794. The van der Waals surface area contributed by atoms with Crippen LogP contribution in [0.4, 0.5) is 37.1 Å². The molecule has 0 atom stereocenters. The Balaban J connectivity index is 1.32. The van der Waals surface area contributed by atoms with Crippen molar-refractivity contribution in [3.05, 3.63) is 51.7 Å². The number of carbonyl (C=O) groups is 1. The third-order valence-electron chi connectivity index (χ3n) is 5.93. The lowest BCUT2D eigenvalue weighted by Crippen LogP contribution is -2.49. The van der Waals surface area contributed by atoms with E-state index in [1.165, 1.54) is 11.1 Å². The molecule has 2 aliphatic rings. The van der Waals surface area contributed by atoms with Gasteiger partial charge in [-0.1, -0.05) is 0 Å². The van der Waals surface area contributed by atoms with Crippen LogP contribution in [0, 0.1) is 0 Å². The van der Waals surface area contributed by atoms with Crippen molar-refractivity contribution in [1.82, 2.24) is 19.9 Å². The second-order valence-electron chi connectivity index (χ2n) is 8.21. The molecule has 1 amide bonds. The fourth-order valence-corrected chi connectivity index (χ4v) is 3.68. The maximum absolute atomic E-state index is 13.0. The van der Waals surface area contributed by atoms with Crippen molar-refractivity contribution in [2.45, 2.75) is 30.6 Å². The number of carbonyl (C=O) groups excluding carboxylic acids is 1. The molecule has 2 aromatic rings. The van der Waals surface area contributed by atoms with E-state index < -0.39 is 40.5 Å². The Hall–Kier alpha value is -3.32. The molecule has 2 fully saturated rings. The van der Waals surface area contributed by atoms with E-state index in [-0.39, 0.29) is 44.3 Å². The van der Waals surface area contributed by atoms with Gasteiger partial charge in [0, 0.05) is 50.2 Å². The average molecular weight is 491 g/mol. The average Bonchev–Trinajstić information content (AvgIpc) is 3.58. The molecule has 0 unspecified atom stereocenters. The molecule has 4 rings (SSSR count). The molecule has 8 nitrogen and oxygen atoms in total. The van der Waals surface area contributed by atoms with Gasteiger partial charge in [0.2, 0.25) is 5.95 Å². The normalized spacial score (nSPS) is 18.1. The van der Waals surface area contributed by atoms with Crippen LogP contribution < -0.4 is 10.5 Å². The van der Waals surface area contributed by atoms with Gasteiger partial charge < -0.3 is 19.5 Å². The van der Waals surface area contributed by atoms with Crippen molar-refractivity contribution in [3.63, 3.8) is 0 Å². The summed E-state index contributed by atoms with van der Waals surface area (Å²) < 4.78 is 82.4. The van der Waals surface area contributed by atoms with E-state index in [1.54, 1.807) is 4.90 Å². The number of ether oxygens (including phenoxy) is 1. The second-order valence-corrected chi connectivity index (χ2v) is 8.21. The molecule has 0 bridgehead atoms. The number of hydrogen-bond acceptors (Lipinski definition) is 6. The molecule has 1 saturated heterocycles. The van der Waals surface area contributed by atoms with E-state index in [0.29, 0.717) is 25.2 Å². The summed E-state index contributed by atoms with van der Waals surface area (Å²) in [6.07, 6.45) is -6.39. The maximum Gasteiger partial charge on any atom is 0.421 e. The third kappa shape index (κ3) is 4.94. The molecule has 1 N–H and O–H groups in total. The zero-order valence-electron chi connectivity index (χ0n) is 17.5. The predicted molar refractivity (Wildman–Crippen MR) is 105 cm³/mol. The lowest BCUT2D eigenvalue weighted by atomic mass is 9.97. The number of piperazine rings is 1. The number of pyridine rings is 1. The molecular formula is C20H19F6N5O3. The predicted octanol–water partition coefficient (Wildman–Crippen LogP) is 3.19. The number of amides is 1. The molecule has 184 valence electrons. The largest absolute Gasteiger partial charge is 0.448 e. The number of hydrogen-bond donors (Lipinski definition) is 1. The zero-order valence-corrected chi connectivity index (χ0v) is 17.5. The first-order valence-electron chi connectivity index (χ1n) is 10.3. The molecule has 34 heavy (non-hydrogen) atoms. The van der Waals surface area contributed by atoms with E-state index in [2.05, 4.69) is 15.0 Å². The molecule has 2 aromatic heterocycles. The number of aromatic nitrogens is 3. The second kappa shape index (κ2) is 8.47. The molecule has 3 heterocycles. The van der Waals surface area contributed by atoms with Crippen LogP contribution in [0.5, 0.6) is 0 Å². The minimum absolute atomic E-state index is 0.108. The molecular weight excluding hydrogens is 472 g/mol. The smallest absolute Gasteiger partial charge is 0.421 e. The summed E-state index contributed by atoms with van der Waals surface area (Å²) in [7, 11) is 0. The number of H-pyrrole nitrogens is 1. The fourth-order valence-electron chi connectivity index (χ4n) is 3.68. The number of nitrogens with zero attached hydrogens (tertiary/aromatic N) is 4. The van der Waals surface area contributed by atoms with Gasteiger partial charge in [-0.3, -0.25) is 4.79 Å². The van der Waals surface area contributed by atoms with Crippen molar-refractivity contribution in [2.75, 3.05) is 37.7 Å². The Labute approximate surface area is 188 Å². The molecule has 0 aromatic carbocycles. The third-order valence-corrected chi connectivity index (χ3v) is 5.93. The Morgan fingerprint density at radius 1 is 1.03 bits per heavy atom. The first kappa shape index (κ1) is 23.8. The van der Waals surface area contributed by atoms with Gasteiger partial charge >= 0.3 is 18.4 Å². The highest BCUT2D eigenvalue weighted by Crippen LogP contribution is 2.48. The Morgan fingerprint density at radius 3 is 2.18 bits per heavy atom. The van der Waals surface area contributed by atoms with Crippen molar-refractivity contribution >= 4 is 12.0 Å². The SMILES string of the molecule is O=C(OCC1(c2c[nH]c(=O)c(C(F)(F)F)c2)CC1)N1CCN(c2ncc(C(F)(F)F)cn2)CC1. The van der Waals surface area contributed by atoms with E-state index >= 15 is 0 Å². The molecule has 14 heteroatoms. The molecule has 1 saturated carbocycles. The van der Waals surface area contributed by atoms with Gasteiger partial charge in [0.1, 0.15) is 12.2 Å². The number of halogens is 6. The summed E-state index contributed by atoms with van der Waals surface area (Å²) in [4.78, 5) is 36.6. The van der Waals surface area contributed by atoms with Crippen molar-refractivity contribution in [2.24, 2.45) is 0 Å². The zero-order chi connectivity index (χ0) is 24.7. The first-order valence-corrected chi connectivity index (χ1v) is 10.3. The quantitative estimate of drug-likeness (QED) is 0.661. The maximum atomic E-state index is 13.0. The van der Waals surface area contributed by atoms with Gasteiger partial charge in [0.05, 0.1) is 5.56 Å². The van der Waals surface area contributed by atoms with E-state index in [1.807, 2.05) is 0 Å². The van der Waals surface area contributed by atoms with E-state index in [0.717, 1.165) is 6.07 Å². The molecule has 1 aliphatic carbocycles. The van der Waals surface area contributed by atoms with E-state index in [4.69, 9.17) is 4.74 Å². The van der Waals surface area contributed by atoms with Crippen LogP contribution in [0.25, 0.3) is 0 Å². The van der Waals surface area contributed by atoms with Gasteiger partial charge in [-0.15, -0.1) is 0 Å². The van der Waals surface area contributed by atoms with Crippen molar-refractivity contribution in [3.8, 4) is 0 Å². The number of alkyl halides is 6. The van der Waals surface area contributed by atoms with E-state index in [9.17, 15) is 35.9 Å². The van der Waals surface area contributed by atoms with Crippen LogP contribution in [0.1, 0.15) is 29.5 Å². The Bertz CT molecular complexity index is 1100.